The van der Waals surface area contributed by atoms with Crippen LogP contribution in [0.1, 0.15) is 62.3 Å². The minimum atomic E-state index is -0.895. The van der Waals surface area contributed by atoms with E-state index in [0.717, 1.165) is 29.1 Å². The third-order valence-electron chi connectivity index (χ3n) is 7.39. The molecule has 3 aromatic rings. The number of nitrogens with zero attached hydrogens (tertiary/aromatic N) is 2. The molecule has 38 heavy (non-hydrogen) atoms. The summed E-state index contributed by atoms with van der Waals surface area (Å²) in [7, 11) is 0. The van der Waals surface area contributed by atoms with Crippen LogP contribution >= 0.6 is 11.3 Å². The van der Waals surface area contributed by atoms with Crippen LogP contribution in [0, 0.1) is 6.92 Å². The fourth-order valence-corrected chi connectivity index (χ4v) is 6.36. The second kappa shape index (κ2) is 11.7. The van der Waals surface area contributed by atoms with E-state index in [-0.39, 0.29) is 23.9 Å². The van der Waals surface area contributed by atoms with Crippen molar-refractivity contribution in [3.63, 3.8) is 0 Å². The Morgan fingerprint density at radius 2 is 1.97 bits per heavy atom. The molecule has 200 valence electrons. The molecular formula is C29H34N4O4S. The maximum absolute atomic E-state index is 13.5. The fourth-order valence-electron chi connectivity index (χ4n) is 5.42. The fraction of sp³-hybridized carbons (Fsp3) is 0.414. The van der Waals surface area contributed by atoms with Crippen molar-refractivity contribution in [3.05, 3.63) is 87.4 Å². The number of aromatic nitrogens is 1. The van der Waals surface area contributed by atoms with E-state index in [0.29, 0.717) is 37.1 Å². The summed E-state index contributed by atoms with van der Waals surface area (Å²) >= 11 is 1.58. The molecule has 2 aliphatic heterocycles. The van der Waals surface area contributed by atoms with E-state index in [1.165, 1.54) is 0 Å². The van der Waals surface area contributed by atoms with Crippen LogP contribution in [0.15, 0.2) is 60.0 Å². The molecule has 1 aromatic heterocycles. The number of benzene rings is 2. The highest BCUT2D eigenvalue weighted by Gasteiger charge is 2.35. The number of hydrogen-bond donors (Lipinski definition) is 4. The molecule has 0 saturated carbocycles. The zero-order chi connectivity index (χ0) is 26.6. The zero-order valence-corrected chi connectivity index (χ0v) is 22.2. The Morgan fingerprint density at radius 3 is 2.68 bits per heavy atom. The number of aliphatic hydroxyl groups excluding tert-OH is 2. The molecule has 2 fully saturated rings. The monoisotopic (exact) mass is 534 g/mol. The van der Waals surface area contributed by atoms with Gasteiger partial charge in [0, 0.05) is 41.3 Å². The molecule has 0 radical (unpaired) electrons. The van der Waals surface area contributed by atoms with Crippen molar-refractivity contribution in [1.82, 2.24) is 20.5 Å². The Bertz CT molecular complexity index is 1270. The summed E-state index contributed by atoms with van der Waals surface area (Å²) in [5, 5.41) is 30.2. The van der Waals surface area contributed by atoms with Gasteiger partial charge in [-0.2, -0.15) is 0 Å². The highest BCUT2D eigenvalue weighted by molar-refractivity contribution is 7.09. The van der Waals surface area contributed by atoms with Gasteiger partial charge < -0.3 is 25.7 Å². The third-order valence-corrected chi connectivity index (χ3v) is 8.45. The molecule has 5 rings (SSSR count). The number of likely N-dealkylation sites (tertiary alicyclic amines) is 1. The van der Waals surface area contributed by atoms with Crippen LogP contribution in [0.5, 0.6) is 0 Å². The molecule has 9 heteroatoms. The molecule has 4 N–H and O–H groups in total. The SMILES string of the molecule is Cc1csc([C@H]2CCCN2C(=O)c2cccc(C(=O)N[C@@H](Cc3ccccc3)[C@H](O)[C@H]3C[C@@H](O)CN3)c2)n1. The average Bonchev–Trinajstić information content (AvgIpc) is 3.69. The number of rotatable bonds is 8. The topological polar surface area (TPSA) is 115 Å². The lowest BCUT2D eigenvalue weighted by Gasteiger charge is -2.29. The van der Waals surface area contributed by atoms with Crippen molar-refractivity contribution >= 4 is 23.2 Å². The van der Waals surface area contributed by atoms with Crippen LogP contribution in [0.2, 0.25) is 0 Å². The quantitative estimate of drug-likeness (QED) is 0.353. The standard InChI is InChI=1S/C29H34N4O4S/c1-18-17-38-28(31-18)25-11-6-12-33(25)29(37)21-10-5-9-20(14-21)27(36)32-24(13-19-7-3-2-4-8-19)26(35)23-15-22(34)16-30-23/h2-5,7-10,14,17,22-26,30,34-35H,6,11-13,15-16H2,1H3,(H,32,36)/t22-,23-,24+,25-,26-/m1/s1. The van der Waals surface area contributed by atoms with Gasteiger partial charge in [-0.3, -0.25) is 9.59 Å². The number of thiazole rings is 1. The van der Waals surface area contributed by atoms with Gasteiger partial charge in [-0.05, 0) is 56.4 Å². The maximum Gasteiger partial charge on any atom is 0.254 e. The zero-order valence-electron chi connectivity index (χ0n) is 21.4. The second-order valence-corrected chi connectivity index (χ2v) is 11.1. The van der Waals surface area contributed by atoms with Crippen molar-refractivity contribution in [3.8, 4) is 0 Å². The number of hydrogen-bond acceptors (Lipinski definition) is 7. The maximum atomic E-state index is 13.5. The summed E-state index contributed by atoms with van der Waals surface area (Å²) in [6, 6.07) is 15.5. The Hall–Kier alpha value is -3.11. The molecular weight excluding hydrogens is 500 g/mol. The highest BCUT2D eigenvalue weighted by Crippen LogP contribution is 2.34. The van der Waals surface area contributed by atoms with Gasteiger partial charge in [-0.25, -0.2) is 4.98 Å². The smallest absolute Gasteiger partial charge is 0.254 e. The Labute approximate surface area is 226 Å². The molecule has 0 spiro atoms. The van der Waals surface area contributed by atoms with Gasteiger partial charge in [0.25, 0.3) is 11.8 Å². The third kappa shape index (κ3) is 5.96. The van der Waals surface area contributed by atoms with E-state index in [1.54, 1.807) is 35.6 Å². The first kappa shape index (κ1) is 26.5. The number of carbonyl (C=O) groups is 2. The van der Waals surface area contributed by atoms with E-state index in [4.69, 9.17) is 0 Å². The van der Waals surface area contributed by atoms with E-state index < -0.39 is 18.2 Å². The molecule has 2 aromatic carbocycles. The van der Waals surface area contributed by atoms with E-state index in [9.17, 15) is 19.8 Å². The highest BCUT2D eigenvalue weighted by atomic mass is 32.1. The van der Waals surface area contributed by atoms with E-state index in [1.807, 2.05) is 47.5 Å². The lowest BCUT2D eigenvalue weighted by Crippen LogP contribution is -2.52. The lowest BCUT2D eigenvalue weighted by molar-refractivity contribution is 0.0714. The van der Waals surface area contributed by atoms with Crippen LogP contribution in [-0.4, -0.2) is 69.3 Å². The summed E-state index contributed by atoms with van der Waals surface area (Å²) in [5.74, 6) is -0.466. The average molecular weight is 535 g/mol. The van der Waals surface area contributed by atoms with Crippen LogP contribution < -0.4 is 10.6 Å². The summed E-state index contributed by atoms with van der Waals surface area (Å²) < 4.78 is 0. The largest absolute Gasteiger partial charge is 0.392 e. The molecule has 2 saturated heterocycles. The van der Waals surface area contributed by atoms with Crippen molar-refractivity contribution in [2.45, 2.75) is 62.9 Å². The number of amides is 2. The number of carbonyl (C=O) groups excluding carboxylic acids is 2. The van der Waals surface area contributed by atoms with Crippen LogP contribution in [0.4, 0.5) is 0 Å². The lowest BCUT2D eigenvalue weighted by atomic mass is 9.94. The molecule has 2 amide bonds. The molecule has 2 aliphatic rings. The molecule has 5 atom stereocenters. The number of nitrogens with one attached hydrogen (secondary N) is 2. The van der Waals surface area contributed by atoms with Gasteiger partial charge in [0.2, 0.25) is 0 Å². The normalized spacial score (nSPS) is 22.8. The predicted molar refractivity (Wildman–Crippen MR) is 146 cm³/mol. The minimum absolute atomic E-state index is 0.0432. The Kier molecular flexibility index (Phi) is 8.18. The predicted octanol–water partition coefficient (Wildman–Crippen LogP) is 2.85. The van der Waals surface area contributed by atoms with Gasteiger partial charge in [0.1, 0.15) is 5.01 Å². The van der Waals surface area contributed by atoms with Crippen LogP contribution in [0.25, 0.3) is 0 Å². The van der Waals surface area contributed by atoms with Crippen molar-refractivity contribution in [2.24, 2.45) is 0 Å². The van der Waals surface area contributed by atoms with Crippen molar-refractivity contribution in [2.75, 3.05) is 13.1 Å². The van der Waals surface area contributed by atoms with Gasteiger partial charge >= 0.3 is 0 Å². The van der Waals surface area contributed by atoms with Crippen LogP contribution in [0.3, 0.4) is 0 Å². The first-order valence-corrected chi connectivity index (χ1v) is 14.0. The summed E-state index contributed by atoms with van der Waals surface area (Å²) in [6.45, 7) is 3.02. The first-order valence-electron chi connectivity index (χ1n) is 13.2. The van der Waals surface area contributed by atoms with Crippen LogP contribution in [-0.2, 0) is 6.42 Å². The molecule has 3 heterocycles. The van der Waals surface area contributed by atoms with Crippen molar-refractivity contribution < 1.29 is 19.8 Å². The van der Waals surface area contributed by atoms with Gasteiger partial charge in [-0.1, -0.05) is 36.4 Å². The summed E-state index contributed by atoms with van der Waals surface area (Å²) in [5.41, 5.74) is 2.76. The van der Waals surface area contributed by atoms with E-state index >= 15 is 0 Å². The molecule has 0 unspecified atom stereocenters. The number of β-amino-alcohol motifs (C(OH)–C–C–N with tert-alkyl or cyclic N) is 1. The van der Waals surface area contributed by atoms with E-state index in [2.05, 4.69) is 15.6 Å². The summed E-state index contributed by atoms with van der Waals surface area (Å²) in [6.07, 6.45) is 1.23. The minimum Gasteiger partial charge on any atom is -0.392 e. The molecule has 0 aliphatic carbocycles. The number of aryl methyl sites for hydroxylation is 1. The summed E-state index contributed by atoms with van der Waals surface area (Å²) in [4.78, 5) is 33.3. The Morgan fingerprint density at radius 1 is 1.18 bits per heavy atom. The molecule has 8 nitrogen and oxygen atoms in total. The first-order chi connectivity index (χ1) is 18.4. The van der Waals surface area contributed by atoms with Crippen molar-refractivity contribution in [1.29, 1.82) is 0 Å². The Balaban J connectivity index is 1.32. The van der Waals surface area contributed by atoms with Gasteiger partial charge in [-0.15, -0.1) is 11.3 Å². The second-order valence-electron chi connectivity index (χ2n) is 10.2. The van der Waals surface area contributed by atoms with Gasteiger partial charge in [0.15, 0.2) is 0 Å². The molecule has 0 bridgehead atoms. The number of aliphatic hydroxyl groups is 2. The van der Waals surface area contributed by atoms with Gasteiger partial charge in [0.05, 0.1) is 24.3 Å².